The first-order valence-corrected chi connectivity index (χ1v) is 6.82. The maximum atomic E-state index is 12.0. The second-order valence-electron chi connectivity index (χ2n) is 4.60. The number of hydrogen-bond donors (Lipinski definition) is 0. The number of ether oxygens (including phenoxy) is 3. The third-order valence-corrected chi connectivity index (χ3v) is 3.52. The fourth-order valence-electron chi connectivity index (χ4n) is 2.23. The van der Waals surface area contributed by atoms with Crippen LogP contribution in [-0.2, 0) is 9.53 Å². The fourth-order valence-corrected chi connectivity index (χ4v) is 2.35. The van der Waals surface area contributed by atoms with Gasteiger partial charge in [0, 0.05) is 5.02 Å². The van der Waals surface area contributed by atoms with Crippen LogP contribution in [0.15, 0.2) is 48.5 Å². The van der Waals surface area contributed by atoms with E-state index in [0.717, 1.165) is 5.56 Å². The quantitative estimate of drug-likeness (QED) is 0.798. The molecule has 0 N–H and O–H groups in total. The zero-order chi connectivity index (χ0) is 14.8. The van der Waals surface area contributed by atoms with Crippen LogP contribution < -0.4 is 9.47 Å². The van der Waals surface area contributed by atoms with Crippen molar-refractivity contribution in [2.45, 2.75) is 12.2 Å². The summed E-state index contributed by atoms with van der Waals surface area (Å²) < 4.78 is 16.5. The summed E-state index contributed by atoms with van der Waals surface area (Å²) in [6.07, 6.45) is -1.43. The number of carbonyl (C=O) groups is 1. The number of hydrogen-bond acceptors (Lipinski definition) is 4. The lowest BCUT2D eigenvalue weighted by atomic mass is 10.0. The molecule has 1 heterocycles. The molecule has 0 bridgehead atoms. The van der Waals surface area contributed by atoms with Crippen LogP contribution in [0.3, 0.4) is 0 Å². The van der Waals surface area contributed by atoms with Crippen LogP contribution in [0.1, 0.15) is 11.7 Å². The Kier molecular flexibility index (Phi) is 3.71. The molecule has 0 radical (unpaired) electrons. The molecule has 2 atom stereocenters. The van der Waals surface area contributed by atoms with Gasteiger partial charge >= 0.3 is 5.97 Å². The van der Waals surface area contributed by atoms with Crippen LogP contribution in [-0.4, -0.2) is 19.2 Å². The first-order chi connectivity index (χ1) is 10.2. The number of rotatable bonds is 2. The van der Waals surface area contributed by atoms with E-state index in [4.69, 9.17) is 25.8 Å². The van der Waals surface area contributed by atoms with E-state index in [1.807, 2.05) is 12.1 Å². The Morgan fingerprint density at radius 2 is 1.67 bits per heavy atom. The lowest BCUT2D eigenvalue weighted by molar-refractivity contribution is -0.155. The Hall–Kier alpha value is -2.20. The minimum atomic E-state index is -0.855. The van der Waals surface area contributed by atoms with E-state index in [2.05, 4.69) is 0 Å². The summed E-state index contributed by atoms with van der Waals surface area (Å²) in [5, 5.41) is 0.616. The van der Waals surface area contributed by atoms with Gasteiger partial charge in [-0.05, 0) is 29.8 Å². The second-order valence-corrected chi connectivity index (χ2v) is 5.03. The van der Waals surface area contributed by atoms with Crippen molar-refractivity contribution in [1.29, 1.82) is 0 Å². The highest BCUT2D eigenvalue weighted by molar-refractivity contribution is 6.30. The minimum Gasteiger partial charge on any atom is -0.477 e. The Morgan fingerprint density at radius 1 is 1.05 bits per heavy atom. The van der Waals surface area contributed by atoms with Crippen molar-refractivity contribution < 1.29 is 19.0 Å². The van der Waals surface area contributed by atoms with Crippen LogP contribution in [0.25, 0.3) is 0 Å². The van der Waals surface area contributed by atoms with Gasteiger partial charge in [0.05, 0.1) is 7.11 Å². The van der Waals surface area contributed by atoms with Gasteiger partial charge in [0.1, 0.15) is 0 Å². The Labute approximate surface area is 127 Å². The SMILES string of the molecule is COC(=O)[C@H]1Oc2ccccc2O[C@@H]1c1ccc(Cl)cc1. The molecule has 0 aliphatic carbocycles. The maximum absolute atomic E-state index is 12.0. The zero-order valence-electron chi connectivity index (χ0n) is 11.3. The number of benzene rings is 2. The van der Waals surface area contributed by atoms with Crippen molar-refractivity contribution in [1.82, 2.24) is 0 Å². The maximum Gasteiger partial charge on any atom is 0.351 e. The van der Waals surface area contributed by atoms with Crippen LogP contribution in [0.5, 0.6) is 11.5 Å². The highest BCUT2D eigenvalue weighted by Crippen LogP contribution is 2.39. The first kappa shape index (κ1) is 13.8. The highest BCUT2D eigenvalue weighted by Gasteiger charge is 2.38. The summed E-state index contributed by atoms with van der Waals surface area (Å²) in [6, 6.07) is 14.3. The Morgan fingerprint density at radius 3 is 2.29 bits per heavy atom. The van der Waals surface area contributed by atoms with Gasteiger partial charge in [0.2, 0.25) is 6.10 Å². The van der Waals surface area contributed by atoms with Crippen LogP contribution in [0, 0.1) is 0 Å². The van der Waals surface area contributed by atoms with E-state index in [-0.39, 0.29) is 0 Å². The number of fused-ring (bicyclic) bond motifs is 1. The molecule has 0 spiro atoms. The third kappa shape index (κ3) is 2.67. The van der Waals surface area contributed by atoms with Gasteiger partial charge < -0.3 is 14.2 Å². The van der Waals surface area contributed by atoms with Gasteiger partial charge in [-0.3, -0.25) is 0 Å². The van der Waals surface area contributed by atoms with Crippen LogP contribution >= 0.6 is 11.6 Å². The summed E-state index contributed by atoms with van der Waals surface area (Å²) in [6.45, 7) is 0. The Balaban J connectivity index is 1.99. The predicted molar refractivity (Wildman–Crippen MR) is 77.7 cm³/mol. The summed E-state index contributed by atoms with van der Waals surface area (Å²) in [4.78, 5) is 12.0. The van der Waals surface area contributed by atoms with Crippen molar-refractivity contribution >= 4 is 17.6 Å². The van der Waals surface area contributed by atoms with Crippen LogP contribution in [0.4, 0.5) is 0 Å². The molecule has 0 aromatic heterocycles. The largest absolute Gasteiger partial charge is 0.477 e. The molecule has 0 amide bonds. The van der Waals surface area contributed by atoms with Crippen molar-refractivity contribution in [3.8, 4) is 11.5 Å². The van der Waals surface area contributed by atoms with E-state index in [1.165, 1.54) is 7.11 Å². The standard InChI is InChI=1S/C16H13ClO4/c1-19-16(18)15-14(10-6-8-11(17)9-7-10)20-12-4-2-3-5-13(12)21-15/h2-9,14-15H,1H3/t14-,15+/m1/s1. The molecule has 21 heavy (non-hydrogen) atoms. The van der Waals surface area contributed by atoms with E-state index >= 15 is 0 Å². The molecule has 0 fully saturated rings. The zero-order valence-corrected chi connectivity index (χ0v) is 12.0. The molecule has 2 aromatic carbocycles. The summed E-state index contributed by atoms with van der Waals surface area (Å²) >= 11 is 5.89. The smallest absolute Gasteiger partial charge is 0.351 e. The first-order valence-electron chi connectivity index (χ1n) is 6.44. The lowest BCUT2D eigenvalue weighted by Crippen LogP contribution is -2.40. The fraction of sp³-hybridized carbons (Fsp3) is 0.188. The molecule has 0 unspecified atom stereocenters. The van der Waals surface area contributed by atoms with Gasteiger partial charge in [0.15, 0.2) is 17.6 Å². The predicted octanol–water partition coefficient (Wildman–Crippen LogP) is 3.39. The number of para-hydroxylation sites is 2. The van der Waals surface area contributed by atoms with Crippen molar-refractivity contribution in [2.75, 3.05) is 7.11 Å². The summed E-state index contributed by atoms with van der Waals surface area (Å²) in [5.41, 5.74) is 0.796. The average Bonchev–Trinajstić information content (AvgIpc) is 2.53. The molecular weight excluding hydrogens is 292 g/mol. The van der Waals surface area contributed by atoms with E-state index in [1.54, 1.807) is 36.4 Å². The average molecular weight is 305 g/mol. The number of carbonyl (C=O) groups excluding carboxylic acids is 1. The van der Waals surface area contributed by atoms with Gasteiger partial charge in [0.25, 0.3) is 0 Å². The molecule has 2 aromatic rings. The van der Waals surface area contributed by atoms with Crippen molar-refractivity contribution in [3.05, 3.63) is 59.1 Å². The third-order valence-electron chi connectivity index (χ3n) is 3.26. The monoisotopic (exact) mass is 304 g/mol. The van der Waals surface area contributed by atoms with Crippen molar-refractivity contribution in [3.63, 3.8) is 0 Å². The number of esters is 1. The van der Waals surface area contributed by atoms with Gasteiger partial charge in [-0.1, -0.05) is 35.9 Å². The molecule has 5 heteroatoms. The molecule has 4 nitrogen and oxygen atoms in total. The lowest BCUT2D eigenvalue weighted by Gasteiger charge is -2.32. The van der Waals surface area contributed by atoms with E-state index in [0.29, 0.717) is 16.5 Å². The molecular formula is C16H13ClO4. The molecule has 0 saturated carbocycles. The molecule has 1 aliphatic rings. The van der Waals surface area contributed by atoms with E-state index in [9.17, 15) is 4.79 Å². The Bertz CT molecular complexity index is 654. The van der Waals surface area contributed by atoms with Gasteiger partial charge in [-0.15, -0.1) is 0 Å². The van der Waals surface area contributed by atoms with Crippen molar-refractivity contribution in [2.24, 2.45) is 0 Å². The molecule has 3 rings (SSSR count). The number of halogens is 1. The van der Waals surface area contributed by atoms with Gasteiger partial charge in [-0.2, -0.15) is 0 Å². The van der Waals surface area contributed by atoms with E-state index < -0.39 is 18.2 Å². The molecule has 1 aliphatic heterocycles. The molecule has 108 valence electrons. The van der Waals surface area contributed by atoms with Crippen LogP contribution in [0.2, 0.25) is 5.02 Å². The number of methoxy groups -OCH3 is 1. The summed E-state index contributed by atoms with van der Waals surface area (Å²) in [5.74, 6) is 0.639. The second kappa shape index (κ2) is 5.66. The normalized spacial score (nSPS) is 19.9. The topological polar surface area (TPSA) is 44.8 Å². The summed E-state index contributed by atoms with van der Waals surface area (Å²) in [7, 11) is 1.32. The molecule has 0 saturated heterocycles. The highest BCUT2D eigenvalue weighted by atomic mass is 35.5. The van der Waals surface area contributed by atoms with Gasteiger partial charge in [-0.25, -0.2) is 4.79 Å². The minimum absolute atomic E-state index is 0.482.